The summed E-state index contributed by atoms with van der Waals surface area (Å²) in [5, 5.41) is 9.31. The molecule has 1 rings (SSSR count). The standard InChI is InChI=1S/C9H12N2O3S2/c1-8(6-10)2-3-9-11(4-5-15-9)7-16(12,13)14/h2-3H,4-5,7H2,1H3,(H,12,13,14). The summed E-state index contributed by atoms with van der Waals surface area (Å²) in [5.41, 5.74) is 0.548. The van der Waals surface area contributed by atoms with Crippen LogP contribution in [0, 0.1) is 11.3 Å². The molecule has 0 atom stereocenters. The number of allylic oxidation sites excluding steroid dienone is 3. The van der Waals surface area contributed by atoms with Crippen molar-refractivity contribution >= 4 is 21.9 Å². The van der Waals surface area contributed by atoms with Crippen molar-refractivity contribution in [1.29, 1.82) is 5.26 Å². The van der Waals surface area contributed by atoms with Gasteiger partial charge in [0.05, 0.1) is 11.1 Å². The Kier molecular flexibility index (Phi) is 4.41. The minimum absolute atomic E-state index is 0.398. The minimum Gasteiger partial charge on any atom is -0.349 e. The molecule has 1 fully saturated rings. The zero-order valence-corrected chi connectivity index (χ0v) is 10.4. The molecule has 1 aliphatic heterocycles. The van der Waals surface area contributed by atoms with Crippen LogP contribution in [0.15, 0.2) is 22.8 Å². The zero-order valence-electron chi connectivity index (χ0n) is 8.75. The molecule has 0 aliphatic carbocycles. The fourth-order valence-electron chi connectivity index (χ4n) is 1.17. The van der Waals surface area contributed by atoms with E-state index in [2.05, 4.69) is 0 Å². The van der Waals surface area contributed by atoms with Crippen LogP contribution in [0.5, 0.6) is 0 Å². The van der Waals surface area contributed by atoms with Gasteiger partial charge in [-0.05, 0) is 19.1 Å². The van der Waals surface area contributed by atoms with Gasteiger partial charge in [-0.1, -0.05) is 0 Å². The van der Waals surface area contributed by atoms with Gasteiger partial charge >= 0.3 is 0 Å². The van der Waals surface area contributed by atoms with Gasteiger partial charge in [0.2, 0.25) is 0 Å². The van der Waals surface area contributed by atoms with Crippen molar-refractivity contribution < 1.29 is 13.0 Å². The molecule has 0 amide bonds. The Hall–Kier alpha value is -0.970. The van der Waals surface area contributed by atoms with Crippen LogP contribution in [0.25, 0.3) is 0 Å². The van der Waals surface area contributed by atoms with E-state index in [1.54, 1.807) is 24.0 Å². The smallest absolute Gasteiger partial charge is 0.283 e. The van der Waals surface area contributed by atoms with Crippen molar-refractivity contribution in [3.05, 3.63) is 22.8 Å². The average Bonchev–Trinajstić information content (AvgIpc) is 2.59. The number of hydrogen-bond donors (Lipinski definition) is 1. The average molecular weight is 260 g/mol. The van der Waals surface area contributed by atoms with Gasteiger partial charge < -0.3 is 4.90 Å². The lowest BCUT2D eigenvalue weighted by Gasteiger charge is -2.16. The van der Waals surface area contributed by atoms with Gasteiger partial charge in [-0.15, -0.1) is 11.8 Å². The lowest BCUT2D eigenvalue weighted by Crippen LogP contribution is -2.25. The topological polar surface area (TPSA) is 81.4 Å². The molecule has 1 saturated heterocycles. The zero-order chi connectivity index (χ0) is 12.2. The lowest BCUT2D eigenvalue weighted by atomic mass is 10.3. The fraction of sp³-hybridized carbons (Fsp3) is 0.444. The molecule has 1 heterocycles. The third kappa shape index (κ3) is 4.26. The molecule has 1 aliphatic rings. The number of hydrogen-bond acceptors (Lipinski definition) is 5. The molecular weight excluding hydrogens is 248 g/mol. The number of nitrogens with zero attached hydrogens (tertiary/aromatic N) is 2. The lowest BCUT2D eigenvalue weighted by molar-refractivity contribution is 0.413. The van der Waals surface area contributed by atoms with E-state index in [1.165, 1.54) is 11.8 Å². The second-order valence-corrected chi connectivity index (χ2v) is 5.83. The van der Waals surface area contributed by atoms with Gasteiger partial charge in [-0.3, -0.25) is 4.55 Å². The molecule has 0 radical (unpaired) electrons. The van der Waals surface area contributed by atoms with Gasteiger partial charge in [0.15, 0.2) is 0 Å². The van der Waals surface area contributed by atoms with Crippen LogP contribution < -0.4 is 0 Å². The van der Waals surface area contributed by atoms with Crippen molar-refractivity contribution in [2.24, 2.45) is 0 Å². The van der Waals surface area contributed by atoms with Gasteiger partial charge in [0, 0.05) is 17.9 Å². The normalized spacial score (nSPS) is 20.2. The maximum Gasteiger partial charge on any atom is 0.283 e. The van der Waals surface area contributed by atoms with Crippen LogP contribution in [0.4, 0.5) is 0 Å². The summed E-state index contributed by atoms with van der Waals surface area (Å²) in [6.45, 7) is 2.25. The number of nitriles is 1. The third-order valence-corrected chi connectivity index (χ3v) is 3.61. The highest BCUT2D eigenvalue weighted by Crippen LogP contribution is 2.28. The first-order valence-corrected chi connectivity index (χ1v) is 7.13. The second-order valence-electron chi connectivity index (χ2n) is 3.29. The fourth-order valence-corrected chi connectivity index (χ4v) is 2.94. The van der Waals surface area contributed by atoms with Crippen LogP contribution in [0.1, 0.15) is 6.92 Å². The maximum absolute atomic E-state index is 10.7. The molecule has 1 N–H and O–H groups in total. The molecule has 88 valence electrons. The van der Waals surface area contributed by atoms with Crippen LogP contribution in [0.3, 0.4) is 0 Å². The predicted molar refractivity (Wildman–Crippen MR) is 63.0 cm³/mol. The minimum atomic E-state index is -4.00. The van der Waals surface area contributed by atoms with Crippen molar-refractivity contribution in [1.82, 2.24) is 4.90 Å². The number of thioether (sulfide) groups is 1. The molecule has 0 bridgehead atoms. The largest absolute Gasteiger partial charge is 0.349 e. The third-order valence-electron chi connectivity index (χ3n) is 1.89. The highest BCUT2D eigenvalue weighted by molar-refractivity contribution is 8.03. The molecule has 0 spiro atoms. The Morgan fingerprint density at radius 1 is 1.75 bits per heavy atom. The molecule has 0 saturated carbocycles. The Morgan fingerprint density at radius 2 is 2.44 bits per heavy atom. The SMILES string of the molecule is CC(C#N)=CC=C1SCCN1CS(=O)(=O)O. The monoisotopic (exact) mass is 260 g/mol. The summed E-state index contributed by atoms with van der Waals surface area (Å²) in [4.78, 5) is 1.57. The van der Waals surface area contributed by atoms with E-state index in [0.717, 1.165) is 10.8 Å². The van der Waals surface area contributed by atoms with Crippen molar-refractivity contribution in [3.8, 4) is 6.07 Å². The summed E-state index contributed by atoms with van der Waals surface area (Å²) in [7, 11) is -4.00. The Morgan fingerprint density at radius 3 is 3.00 bits per heavy atom. The number of rotatable bonds is 3. The predicted octanol–water partition coefficient (Wildman–Crippen LogP) is 1.19. The van der Waals surface area contributed by atoms with Crippen LogP contribution in [-0.4, -0.2) is 36.0 Å². The summed E-state index contributed by atoms with van der Waals surface area (Å²) in [6, 6.07) is 1.97. The van der Waals surface area contributed by atoms with E-state index in [1.807, 2.05) is 6.07 Å². The highest BCUT2D eigenvalue weighted by atomic mass is 32.2. The molecule has 0 unspecified atom stereocenters. The summed E-state index contributed by atoms with van der Waals surface area (Å²) >= 11 is 1.50. The van der Waals surface area contributed by atoms with Crippen LogP contribution in [0.2, 0.25) is 0 Å². The van der Waals surface area contributed by atoms with E-state index in [9.17, 15) is 8.42 Å². The Labute approximate surface area is 99.2 Å². The molecule has 0 aromatic heterocycles. The van der Waals surface area contributed by atoms with Crippen LogP contribution >= 0.6 is 11.8 Å². The van der Waals surface area contributed by atoms with Crippen molar-refractivity contribution in [2.45, 2.75) is 6.92 Å². The molecule has 0 aromatic carbocycles. The van der Waals surface area contributed by atoms with E-state index in [-0.39, 0.29) is 0 Å². The first kappa shape index (κ1) is 13.1. The van der Waals surface area contributed by atoms with E-state index < -0.39 is 16.0 Å². The van der Waals surface area contributed by atoms with Gasteiger partial charge in [-0.2, -0.15) is 13.7 Å². The van der Waals surface area contributed by atoms with Gasteiger partial charge in [0.1, 0.15) is 5.88 Å². The van der Waals surface area contributed by atoms with E-state index in [0.29, 0.717) is 12.1 Å². The quantitative estimate of drug-likeness (QED) is 0.606. The van der Waals surface area contributed by atoms with Crippen molar-refractivity contribution in [3.63, 3.8) is 0 Å². The van der Waals surface area contributed by atoms with Gasteiger partial charge in [0.25, 0.3) is 10.1 Å². The van der Waals surface area contributed by atoms with Crippen LogP contribution in [-0.2, 0) is 10.1 Å². The maximum atomic E-state index is 10.7. The first-order valence-electron chi connectivity index (χ1n) is 4.54. The molecule has 16 heavy (non-hydrogen) atoms. The van der Waals surface area contributed by atoms with Crippen molar-refractivity contribution in [2.75, 3.05) is 18.2 Å². The Balaban J connectivity index is 2.78. The van der Waals surface area contributed by atoms with E-state index in [4.69, 9.17) is 9.81 Å². The molecular formula is C9H12N2O3S2. The first-order chi connectivity index (χ1) is 7.42. The molecule has 5 nitrogen and oxygen atoms in total. The summed E-state index contributed by atoms with van der Waals surface area (Å²) in [6.07, 6.45) is 3.33. The van der Waals surface area contributed by atoms with E-state index >= 15 is 0 Å². The summed E-state index contributed by atoms with van der Waals surface area (Å²) < 4.78 is 30.2. The second kappa shape index (κ2) is 5.39. The molecule has 0 aromatic rings. The Bertz CT molecular complexity index is 460. The van der Waals surface area contributed by atoms with Gasteiger partial charge in [-0.25, -0.2) is 0 Å². The summed E-state index contributed by atoms with van der Waals surface area (Å²) in [5.74, 6) is 0.381. The highest BCUT2D eigenvalue weighted by Gasteiger charge is 2.21. The molecule has 7 heteroatoms.